The molecule has 0 radical (unpaired) electrons. The second kappa shape index (κ2) is 7.20. The van der Waals surface area contributed by atoms with Gasteiger partial charge in [-0.2, -0.15) is 0 Å². The molecule has 1 atom stereocenters. The fraction of sp³-hybridized carbons (Fsp3) is 0.833. The standard InChI is InChI=1S/C12H22N2O4/c1-3-4-7-14(9-5-6-9)12(17)13-10(8-18-2)11(15)16/h9-10H,3-8H2,1-2H3,(H,13,17)(H,15,16). The van der Waals surface area contributed by atoms with Gasteiger partial charge < -0.3 is 20.1 Å². The number of hydrogen-bond donors (Lipinski definition) is 2. The van der Waals surface area contributed by atoms with Crippen molar-refractivity contribution in [3.63, 3.8) is 0 Å². The van der Waals surface area contributed by atoms with Gasteiger partial charge in [-0.3, -0.25) is 0 Å². The van der Waals surface area contributed by atoms with Crippen LogP contribution in [0.3, 0.4) is 0 Å². The zero-order valence-electron chi connectivity index (χ0n) is 11.0. The van der Waals surface area contributed by atoms with Crippen LogP contribution in [-0.2, 0) is 9.53 Å². The molecule has 1 aliphatic rings. The molecule has 2 N–H and O–H groups in total. The molecule has 0 aromatic carbocycles. The molecule has 1 rings (SSSR count). The maximum absolute atomic E-state index is 12.0. The number of methoxy groups -OCH3 is 1. The molecule has 6 heteroatoms. The normalized spacial score (nSPS) is 16.1. The summed E-state index contributed by atoms with van der Waals surface area (Å²) in [5.41, 5.74) is 0. The summed E-state index contributed by atoms with van der Waals surface area (Å²) in [7, 11) is 1.41. The van der Waals surface area contributed by atoms with Crippen LogP contribution in [0.4, 0.5) is 4.79 Å². The van der Waals surface area contributed by atoms with E-state index < -0.39 is 12.0 Å². The Kier molecular flexibility index (Phi) is 5.91. The second-order valence-corrected chi connectivity index (χ2v) is 4.57. The molecular formula is C12H22N2O4. The van der Waals surface area contributed by atoms with Gasteiger partial charge in [-0.05, 0) is 19.3 Å². The maximum Gasteiger partial charge on any atom is 0.328 e. The highest BCUT2D eigenvalue weighted by atomic mass is 16.5. The number of amides is 2. The average Bonchev–Trinajstić information content (AvgIpc) is 3.13. The molecule has 2 amide bonds. The minimum Gasteiger partial charge on any atom is -0.480 e. The highest BCUT2D eigenvalue weighted by molar-refractivity contribution is 5.83. The lowest BCUT2D eigenvalue weighted by Gasteiger charge is -2.24. The van der Waals surface area contributed by atoms with Crippen LogP contribution in [-0.4, -0.2) is 54.4 Å². The van der Waals surface area contributed by atoms with E-state index in [1.54, 1.807) is 4.90 Å². The zero-order chi connectivity index (χ0) is 13.5. The van der Waals surface area contributed by atoms with Crippen molar-refractivity contribution < 1.29 is 19.4 Å². The quantitative estimate of drug-likeness (QED) is 0.682. The molecular weight excluding hydrogens is 236 g/mol. The summed E-state index contributed by atoms with van der Waals surface area (Å²) < 4.78 is 4.79. The van der Waals surface area contributed by atoms with E-state index in [-0.39, 0.29) is 18.7 Å². The molecule has 104 valence electrons. The lowest BCUT2D eigenvalue weighted by atomic mass is 10.3. The van der Waals surface area contributed by atoms with Crippen molar-refractivity contribution in [3.8, 4) is 0 Å². The van der Waals surface area contributed by atoms with Gasteiger partial charge in [0, 0.05) is 19.7 Å². The Morgan fingerprint density at radius 2 is 2.17 bits per heavy atom. The van der Waals surface area contributed by atoms with Crippen molar-refractivity contribution >= 4 is 12.0 Å². The van der Waals surface area contributed by atoms with Crippen LogP contribution in [0.1, 0.15) is 32.6 Å². The van der Waals surface area contributed by atoms with Crippen molar-refractivity contribution in [1.29, 1.82) is 0 Å². The molecule has 0 aromatic rings. The summed E-state index contributed by atoms with van der Waals surface area (Å²) in [5.74, 6) is -1.07. The van der Waals surface area contributed by atoms with Crippen molar-refractivity contribution in [2.45, 2.75) is 44.7 Å². The van der Waals surface area contributed by atoms with Crippen LogP contribution in [0.2, 0.25) is 0 Å². The SMILES string of the molecule is CCCCN(C(=O)NC(COC)C(=O)O)C1CC1. The van der Waals surface area contributed by atoms with Gasteiger partial charge in [0.05, 0.1) is 6.61 Å². The van der Waals surface area contributed by atoms with E-state index in [0.29, 0.717) is 6.54 Å². The second-order valence-electron chi connectivity index (χ2n) is 4.57. The Hall–Kier alpha value is -1.30. The fourth-order valence-electron chi connectivity index (χ4n) is 1.74. The zero-order valence-corrected chi connectivity index (χ0v) is 11.0. The maximum atomic E-state index is 12.0. The molecule has 0 aromatic heterocycles. The van der Waals surface area contributed by atoms with E-state index in [9.17, 15) is 9.59 Å². The van der Waals surface area contributed by atoms with E-state index in [1.807, 2.05) is 0 Å². The van der Waals surface area contributed by atoms with E-state index in [4.69, 9.17) is 9.84 Å². The van der Waals surface area contributed by atoms with Gasteiger partial charge in [0.1, 0.15) is 0 Å². The number of carboxylic acids is 1. The summed E-state index contributed by atoms with van der Waals surface area (Å²) in [6.07, 6.45) is 3.97. The molecule has 6 nitrogen and oxygen atoms in total. The van der Waals surface area contributed by atoms with Gasteiger partial charge in [-0.25, -0.2) is 9.59 Å². The third kappa shape index (κ3) is 4.52. The Balaban J connectivity index is 2.50. The Morgan fingerprint density at radius 3 is 2.61 bits per heavy atom. The summed E-state index contributed by atoms with van der Waals surface area (Å²) in [6, 6.07) is -0.991. The molecule has 1 unspecified atom stereocenters. The molecule has 1 saturated carbocycles. The Labute approximate surface area is 107 Å². The van der Waals surface area contributed by atoms with Gasteiger partial charge >= 0.3 is 12.0 Å². The minimum atomic E-state index is -1.07. The third-order valence-electron chi connectivity index (χ3n) is 2.93. The van der Waals surface area contributed by atoms with E-state index in [1.165, 1.54) is 7.11 Å². The third-order valence-corrected chi connectivity index (χ3v) is 2.93. The van der Waals surface area contributed by atoms with Gasteiger partial charge in [0.25, 0.3) is 0 Å². The molecule has 0 bridgehead atoms. The number of carboxylic acid groups (broad SMARTS) is 1. The lowest BCUT2D eigenvalue weighted by Crippen LogP contribution is -2.50. The lowest BCUT2D eigenvalue weighted by molar-refractivity contribution is -0.140. The predicted molar refractivity (Wildman–Crippen MR) is 66.5 cm³/mol. The Morgan fingerprint density at radius 1 is 1.50 bits per heavy atom. The highest BCUT2D eigenvalue weighted by Gasteiger charge is 2.33. The average molecular weight is 258 g/mol. The number of urea groups is 1. The summed E-state index contributed by atoms with van der Waals surface area (Å²) >= 11 is 0. The van der Waals surface area contributed by atoms with Crippen LogP contribution in [0, 0.1) is 0 Å². The van der Waals surface area contributed by atoms with Crippen molar-refractivity contribution in [1.82, 2.24) is 10.2 Å². The summed E-state index contributed by atoms with van der Waals surface area (Å²) in [6.45, 7) is 2.73. The van der Waals surface area contributed by atoms with Crippen molar-refractivity contribution in [2.24, 2.45) is 0 Å². The first-order chi connectivity index (χ1) is 8.60. The minimum absolute atomic E-state index is 0.0205. The first-order valence-corrected chi connectivity index (χ1v) is 6.39. The Bertz CT molecular complexity index is 292. The van der Waals surface area contributed by atoms with Gasteiger partial charge in [0.15, 0.2) is 6.04 Å². The van der Waals surface area contributed by atoms with Crippen LogP contribution >= 0.6 is 0 Å². The number of ether oxygens (including phenoxy) is 1. The topological polar surface area (TPSA) is 78.9 Å². The largest absolute Gasteiger partial charge is 0.480 e. The molecule has 1 aliphatic carbocycles. The predicted octanol–water partition coefficient (Wildman–Crippen LogP) is 1.06. The smallest absolute Gasteiger partial charge is 0.328 e. The summed E-state index contributed by atoms with van der Waals surface area (Å²) in [4.78, 5) is 24.7. The fourth-order valence-corrected chi connectivity index (χ4v) is 1.74. The van der Waals surface area contributed by atoms with Crippen LogP contribution < -0.4 is 5.32 Å². The van der Waals surface area contributed by atoms with E-state index in [2.05, 4.69) is 12.2 Å². The van der Waals surface area contributed by atoms with Gasteiger partial charge in [-0.15, -0.1) is 0 Å². The molecule has 1 fully saturated rings. The van der Waals surface area contributed by atoms with E-state index >= 15 is 0 Å². The van der Waals surface area contributed by atoms with Gasteiger partial charge in [-0.1, -0.05) is 13.3 Å². The number of aliphatic carboxylic acids is 1. The molecule has 0 heterocycles. The first-order valence-electron chi connectivity index (χ1n) is 6.39. The number of carbonyl (C=O) groups excluding carboxylic acids is 1. The monoisotopic (exact) mass is 258 g/mol. The highest BCUT2D eigenvalue weighted by Crippen LogP contribution is 2.27. The molecule has 0 aliphatic heterocycles. The summed E-state index contributed by atoms with van der Waals surface area (Å²) in [5, 5.41) is 11.5. The van der Waals surface area contributed by atoms with Crippen LogP contribution in [0.25, 0.3) is 0 Å². The number of nitrogens with one attached hydrogen (secondary N) is 1. The van der Waals surface area contributed by atoms with Crippen molar-refractivity contribution in [3.05, 3.63) is 0 Å². The number of nitrogens with zero attached hydrogens (tertiary/aromatic N) is 1. The van der Waals surface area contributed by atoms with Crippen LogP contribution in [0.5, 0.6) is 0 Å². The number of carbonyl (C=O) groups is 2. The molecule has 18 heavy (non-hydrogen) atoms. The molecule has 0 spiro atoms. The van der Waals surface area contributed by atoms with Gasteiger partial charge in [0.2, 0.25) is 0 Å². The number of unbranched alkanes of at least 4 members (excludes halogenated alkanes) is 1. The van der Waals surface area contributed by atoms with Crippen LogP contribution in [0.15, 0.2) is 0 Å². The van der Waals surface area contributed by atoms with Crippen molar-refractivity contribution in [2.75, 3.05) is 20.3 Å². The number of rotatable bonds is 8. The molecule has 0 saturated heterocycles. The number of hydrogen-bond acceptors (Lipinski definition) is 3. The van der Waals surface area contributed by atoms with E-state index in [0.717, 1.165) is 25.7 Å². The first kappa shape index (κ1) is 14.8.